The normalized spacial score (nSPS) is 15.7. The van der Waals surface area contributed by atoms with Gasteiger partial charge in [0.25, 0.3) is 5.91 Å². The van der Waals surface area contributed by atoms with Crippen LogP contribution in [0.5, 0.6) is 0 Å². The molecule has 1 aliphatic rings. The van der Waals surface area contributed by atoms with Crippen LogP contribution in [-0.2, 0) is 6.18 Å². The van der Waals surface area contributed by atoms with Crippen LogP contribution in [0.4, 0.5) is 17.6 Å². The van der Waals surface area contributed by atoms with Crippen molar-refractivity contribution in [2.24, 2.45) is 5.73 Å². The van der Waals surface area contributed by atoms with Crippen LogP contribution < -0.4 is 5.73 Å². The number of halogens is 5. The first-order valence-electron chi connectivity index (χ1n) is 7.74. The molecule has 1 fully saturated rings. The first kappa shape index (κ1) is 20.2. The fraction of sp³-hybridized carbons (Fsp3) is 0.375. The topological polar surface area (TPSA) is 64.2 Å². The summed E-state index contributed by atoms with van der Waals surface area (Å²) in [5.74, 6) is -1.64. The number of benzene rings is 1. The van der Waals surface area contributed by atoms with Crippen molar-refractivity contribution in [2.45, 2.75) is 25.1 Å². The van der Waals surface area contributed by atoms with Crippen molar-refractivity contribution in [2.75, 3.05) is 13.1 Å². The monoisotopic (exact) mass is 392 g/mol. The average Bonchev–Trinajstić information content (AvgIpc) is 3.00. The van der Waals surface area contributed by atoms with Crippen molar-refractivity contribution < 1.29 is 22.4 Å². The van der Waals surface area contributed by atoms with E-state index in [1.54, 1.807) is 0 Å². The van der Waals surface area contributed by atoms with Crippen LogP contribution >= 0.6 is 12.4 Å². The standard InChI is InChI=1S/C16H16F4N4O.ClH/c17-12-3-1-2-4-13(12)24-14(16(18,19)20)11(9-22-24)15(25)23-7-5-10(21)6-8-23;/h1-4,9-10H,5-8,21H2;1H. The first-order valence-corrected chi connectivity index (χ1v) is 7.74. The number of alkyl halides is 3. The van der Waals surface area contributed by atoms with Gasteiger partial charge in [0.1, 0.15) is 11.5 Å². The summed E-state index contributed by atoms with van der Waals surface area (Å²) in [6.07, 6.45) is -2.98. The summed E-state index contributed by atoms with van der Waals surface area (Å²) in [6, 6.07) is 4.90. The van der Waals surface area contributed by atoms with E-state index in [0.717, 1.165) is 12.3 Å². The molecule has 0 unspecified atom stereocenters. The zero-order valence-electron chi connectivity index (χ0n) is 13.5. The maximum absolute atomic E-state index is 13.9. The number of amides is 1. The van der Waals surface area contributed by atoms with E-state index in [-0.39, 0.29) is 37.2 Å². The number of nitrogens with zero attached hydrogens (tertiary/aromatic N) is 3. The molecule has 142 valence electrons. The molecule has 1 amide bonds. The van der Waals surface area contributed by atoms with Crippen molar-refractivity contribution in [3.05, 3.63) is 47.5 Å². The molecule has 1 aliphatic heterocycles. The summed E-state index contributed by atoms with van der Waals surface area (Å²) in [4.78, 5) is 13.9. The molecule has 3 rings (SSSR count). The second-order valence-electron chi connectivity index (χ2n) is 5.90. The van der Waals surface area contributed by atoms with E-state index in [1.807, 2.05) is 0 Å². The lowest BCUT2D eigenvalue weighted by molar-refractivity contribution is -0.143. The number of likely N-dealkylation sites (tertiary alicyclic amines) is 1. The van der Waals surface area contributed by atoms with Gasteiger partial charge < -0.3 is 10.6 Å². The molecule has 2 heterocycles. The summed E-state index contributed by atoms with van der Waals surface area (Å²) in [5.41, 5.74) is 3.52. The van der Waals surface area contributed by atoms with Gasteiger partial charge in [-0.15, -0.1) is 12.4 Å². The first-order chi connectivity index (χ1) is 11.8. The zero-order valence-corrected chi connectivity index (χ0v) is 14.4. The van der Waals surface area contributed by atoms with E-state index in [2.05, 4.69) is 5.10 Å². The molecule has 2 N–H and O–H groups in total. The highest BCUT2D eigenvalue weighted by atomic mass is 35.5. The van der Waals surface area contributed by atoms with Gasteiger partial charge in [0.05, 0.1) is 11.8 Å². The van der Waals surface area contributed by atoms with Crippen LogP contribution in [0.1, 0.15) is 28.9 Å². The number of rotatable bonds is 2. The van der Waals surface area contributed by atoms with Crippen molar-refractivity contribution in [3.8, 4) is 5.69 Å². The summed E-state index contributed by atoms with van der Waals surface area (Å²) in [5, 5.41) is 3.63. The third kappa shape index (κ3) is 3.83. The van der Waals surface area contributed by atoms with Crippen molar-refractivity contribution in [1.29, 1.82) is 0 Å². The Labute approximate surface area is 153 Å². The Bertz CT molecular complexity index is 785. The maximum Gasteiger partial charge on any atom is 0.434 e. The van der Waals surface area contributed by atoms with Gasteiger partial charge in [0.2, 0.25) is 0 Å². The Kier molecular flexibility index (Phi) is 5.92. The minimum absolute atomic E-state index is 0. The molecule has 0 saturated carbocycles. The van der Waals surface area contributed by atoms with Crippen LogP contribution in [0.2, 0.25) is 0 Å². The maximum atomic E-state index is 13.9. The number of nitrogens with two attached hydrogens (primary N) is 1. The second kappa shape index (κ2) is 7.63. The summed E-state index contributed by atoms with van der Waals surface area (Å²) in [7, 11) is 0. The fourth-order valence-electron chi connectivity index (χ4n) is 2.86. The predicted octanol–water partition coefficient (Wildman–Crippen LogP) is 3.02. The van der Waals surface area contributed by atoms with Gasteiger partial charge in [0.15, 0.2) is 5.69 Å². The van der Waals surface area contributed by atoms with Crippen LogP contribution in [0.3, 0.4) is 0 Å². The Morgan fingerprint density at radius 2 is 1.81 bits per heavy atom. The molecule has 0 radical (unpaired) electrons. The van der Waals surface area contributed by atoms with E-state index in [4.69, 9.17) is 5.73 Å². The number of hydrogen-bond acceptors (Lipinski definition) is 3. The van der Waals surface area contributed by atoms with Crippen molar-refractivity contribution in [3.63, 3.8) is 0 Å². The molecular weight excluding hydrogens is 376 g/mol. The number of aromatic nitrogens is 2. The van der Waals surface area contributed by atoms with E-state index >= 15 is 0 Å². The summed E-state index contributed by atoms with van der Waals surface area (Å²) >= 11 is 0. The number of carbonyl (C=O) groups is 1. The number of para-hydroxylation sites is 1. The molecule has 2 aromatic rings. The quantitative estimate of drug-likeness (QED) is 0.799. The van der Waals surface area contributed by atoms with Gasteiger partial charge in [-0.2, -0.15) is 18.3 Å². The minimum Gasteiger partial charge on any atom is -0.338 e. The fourth-order valence-corrected chi connectivity index (χ4v) is 2.86. The summed E-state index contributed by atoms with van der Waals surface area (Å²) in [6.45, 7) is 0.560. The van der Waals surface area contributed by atoms with Gasteiger partial charge in [0, 0.05) is 19.1 Å². The third-order valence-electron chi connectivity index (χ3n) is 4.18. The van der Waals surface area contributed by atoms with Crippen LogP contribution in [0.15, 0.2) is 30.5 Å². The highest BCUT2D eigenvalue weighted by Gasteiger charge is 2.42. The van der Waals surface area contributed by atoms with E-state index in [9.17, 15) is 22.4 Å². The summed E-state index contributed by atoms with van der Waals surface area (Å²) < 4.78 is 55.1. The van der Waals surface area contributed by atoms with E-state index < -0.39 is 29.2 Å². The number of carbonyl (C=O) groups excluding carboxylic acids is 1. The largest absolute Gasteiger partial charge is 0.434 e. The molecule has 0 aliphatic carbocycles. The molecule has 1 saturated heterocycles. The Hall–Kier alpha value is -2.13. The van der Waals surface area contributed by atoms with Gasteiger partial charge in [-0.3, -0.25) is 4.79 Å². The molecule has 0 spiro atoms. The highest BCUT2D eigenvalue weighted by molar-refractivity contribution is 5.95. The molecular formula is C16H17ClF4N4O. The Balaban J connectivity index is 0.00000243. The van der Waals surface area contributed by atoms with E-state index in [0.29, 0.717) is 17.5 Å². The lowest BCUT2D eigenvalue weighted by Crippen LogP contribution is -2.43. The lowest BCUT2D eigenvalue weighted by Gasteiger charge is -2.30. The Morgan fingerprint density at radius 1 is 1.19 bits per heavy atom. The highest BCUT2D eigenvalue weighted by Crippen LogP contribution is 2.34. The van der Waals surface area contributed by atoms with Gasteiger partial charge >= 0.3 is 6.18 Å². The number of hydrogen-bond donors (Lipinski definition) is 1. The second-order valence-corrected chi connectivity index (χ2v) is 5.90. The smallest absolute Gasteiger partial charge is 0.338 e. The van der Waals surface area contributed by atoms with E-state index in [1.165, 1.54) is 23.1 Å². The molecule has 0 bridgehead atoms. The van der Waals surface area contributed by atoms with Gasteiger partial charge in [-0.1, -0.05) is 12.1 Å². The molecule has 10 heteroatoms. The van der Waals surface area contributed by atoms with Gasteiger partial charge in [-0.05, 0) is 25.0 Å². The lowest BCUT2D eigenvalue weighted by atomic mass is 10.0. The number of piperidine rings is 1. The predicted molar refractivity (Wildman–Crippen MR) is 88.9 cm³/mol. The van der Waals surface area contributed by atoms with Crippen molar-refractivity contribution in [1.82, 2.24) is 14.7 Å². The van der Waals surface area contributed by atoms with Crippen LogP contribution in [0.25, 0.3) is 5.69 Å². The molecule has 0 atom stereocenters. The average molecular weight is 393 g/mol. The molecule has 26 heavy (non-hydrogen) atoms. The molecule has 1 aromatic heterocycles. The molecule has 5 nitrogen and oxygen atoms in total. The van der Waals surface area contributed by atoms with Crippen LogP contribution in [0, 0.1) is 5.82 Å². The zero-order chi connectivity index (χ0) is 18.2. The van der Waals surface area contributed by atoms with Gasteiger partial charge in [-0.25, -0.2) is 9.07 Å². The SMILES string of the molecule is Cl.NC1CCN(C(=O)c2cnn(-c3ccccc3F)c2C(F)(F)F)CC1. The minimum atomic E-state index is -4.87. The van der Waals surface area contributed by atoms with Crippen LogP contribution in [-0.4, -0.2) is 39.7 Å². The van der Waals surface area contributed by atoms with Crippen molar-refractivity contribution >= 4 is 18.3 Å². The third-order valence-corrected chi connectivity index (χ3v) is 4.18. The Morgan fingerprint density at radius 3 is 2.38 bits per heavy atom. The molecule has 1 aromatic carbocycles.